The lowest BCUT2D eigenvalue weighted by atomic mass is 9.91. The van der Waals surface area contributed by atoms with Crippen LogP contribution in [0.1, 0.15) is 0 Å². The molecule has 94 valence electrons. The van der Waals surface area contributed by atoms with Crippen molar-refractivity contribution in [3.63, 3.8) is 0 Å². The Morgan fingerprint density at radius 1 is 1.32 bits per heavy atom. The SMILES string of the molecule is Bc1c(OC)ccc2c(S)cc(-c3ccoc3)nc12. The maximum absolute atomic E-state index is 5.34. The molecular formula is C14H12BNO2S. The van der Waals surface area contributed by atoms with E-state index >= 15 is 0 Å². The standard InChI is InChI=1S/C14H12BNO2S/c1-17-11-3-2-9-12(19)6-10(8-4-5-18-7-8)16-14(9)13(11)15/h2-7H,15H2,1H3,(H,16,19). The number of nitrogens with zero attached hydrogens (tertiary/aromatic N) is 1. The molecule has 5 heteroatoms. The molecule has 3 aromatic rings. The molecule has 0 saturated carbocycles. The van der Waals surface area contributed by atoms with Gasteiger partial charge in [-0.1, -0.05) is 0 Å². The average molecular weight is 269 g/mol. The third kappa shape index (κ3) is 2.00. The van der Waals surface area contributed by atoms with Gasteiger partial charge in [-0.15, -0.1) is 12.6 Å². The van der Waals surface area contributed by atoms with Gasteiger partial charge >= 0.3 is 0 Å². The Hall–Kier alpha value is -1.88. The van der Waals surface area contributed by atoms with E-state index in [0.29, 0.717) is 0 Å². The molecule has 0 atom stereocenters. The number of thiol groups is 1. The Bertz CT molecular complexity index is 741. The normalized spacial score (nSPS) is 10.8. The Morgan fingerprint density at radius 2 is 2.16 bits per heavy atom. The van der Waals surface area contributed by atoms with E-state index in [9.17, 15) is 0 Å². The fourth-order valence-electron chi connectivity index (χ4n) is 2.17. The molecule has 0 amide bonds. The highest BCUT2D eigenvalue weighted by Crippen LogP contribution is 2.28. The van der Waals surface area contributed by atoms with E-state index in [-0.39, 0.29) is 0 Å². The molecule has 0 unspecified atom stereocenters. The predicted molar refractivity (Wildman–Crippen MR) is 81.4 cm³/mol. The zero-order valence-corrected chi connectivity index (χ0v) is 11.6. The number of hydrogen-bond donors (Lipinski definition) is 1. The van der Waals surface area contributed by atoms with Crippen molar-refractivity contribution >= 4 is 36.8 Å². The fourth-order valence-corrected chi connectivity index (χ4v) is 2.47. The van der Waals surface area contributed by atoms with Gasteiger partial charge in [-0.25, -0.2) is 4.98 Å². The molecule has 0 aliphatic rings. The van der Waals surface area contributed by atoms with E-state index in [2.05, 4.69) is 12.6 Å². The Labute approximate surface area is 117 Å². The van der Waals surface area contributed by atoms with Crippen LogP contribution >= 0.6 is 12.6 Å². The molecule has 0 aliphatic carbocycles. The number of aromatic nitrogens is 1. The molecule has 3 rings (SSSR count). The van der Waals surface area contributed by atoms with E-state index in [4.69, 9.17) is 14.1 Å². The molecule has 0 aliphatic heterocycles. The summed E-state index contributed by atoms with van der Waals surface area (Å²) >= 11 is 4.55. The van der Waals surface area contributed by atoms with Crippen LogP contribution < -0.4 is 10.2 Å². The zero-order valence-electron chi connectivity index (χ0n) is 10.7. The van der Waals surface area contributed by atoms with Gasteiger partial charge in [-0.2, -0.15) is 0 Å². The predicted octanol–water partition coefficient (Wildman–Crippen LogP) is 2.05. The van der Waals surface area contributed by atoms with Gasteiger partial charge in [0.05, 0.1) is 30.8 Å². The molecule has 0 saturated heterocycles. The number of benzene rings is 1. The van der Waals surface area contributed by atoms with Gasteiger partial charge in [0.1, 0.15) is 13.6 Å². The Balaban J connectivity index is 2.32. The van der Waals surface area contributed by atoms with Gasteiger partial charge in [0, 0.05) is 15.8 Å². The average Bonchev–Trinajstić information content (AvgIpc) is 2.94. The first-order valence-corrected chi connectivity index (χ1v) is 6.35. The van der Waals surface area contributed by atoms with Crippen LogP contribution in [0.5, 0.6) is 5.75 Å². The summed E-state index contributed by atoms with van der Waals surface area (Å²) in [4.78, 5) is 5.59. The first kappa shape index (κ1) is 12.2. The quantitative estimate of drug-likeness (QED) is 0.571. The first-order chi connectivity index (χ1) is 9.20. The van der Waals surface area contributed by atoms with Crippen molar-refractivity contribution in [1.82, 2.24) is 4.98 Å². The van der Waals surface area contributed by atoms with E-state index in [1.54, 1.807) is 19.6 Å². The lowest BCUT2D eigenvalue weighted by molar-refractivity contribution is 0.418. The summed E-state index contributed by atoms with van der Waals surface area (Å²) in [5, 5.41) is 1.02. The van der Waals surface area contributed by atoms with Crippen LogP contribution in [0.3, 0.4) is 0 Å². The van der Waals surface area contributed by atoms with E-state index < -0.39 is 0 Å². The summed E-state index contributed by atoms with van der Waals surface area (Å²) < 4.78 is 10.4. The number of furan rings is 1. The summed E-state index contributed by atoms with van der Waals surface area (Å²) in [7, 11) is 3.66. The number of pyridine rings is 1. The molecule has 0 fully saturated rings. The number of ether oxygens (including phenoxy) is 1. The van der Waals surface area contributed by atoms with Crippen molar-refractivity contribution in [3.8, 4) is 17.0 Å². The van der Waals surface area contributed by atoms with E-state index in [1.807, 2.05) is 32.1 Å². The van der Waals surface area contributed by atoms with Gasteiger partial charge < -0.3 is 9.15 Å². The first-order valence-electron chi connectivity index (χ1n) is 5.90. The lowest BCUT2D eigenvalue weighted by Crippen LogP contribution is -2.10. The molecule has 2 aromatic heterocycles. The molecule has 1 aromatic carbocycles. The number of hydrogen-bond acceptors (Lipinski definition) is 4. The Kier molecular flexibility index (Phi) is 2.99. The van der Waals surface area contributed by atoms with Crippen LogP contribution in [-0.2, 0) is 0 Å². The molecule has 19 heavy (non-hydrogen) atoms. The van der Waals surface area contributed by atoms with Crippen LogP contribution in [0.15, 0.2) is 46.1 Å². The van der Waals surface area contributed by atoms with Crippen LogP contribution in [0.4, 0.5) is 0 Å². The molecule has 0 bridgehead atoms. The highest BCUT2D eigenvalue weighted by Gasteiger charge is 2.10. The molecule has 2 heterocycles. The van der Waals surface area contributed by atoms with E-state index in [1.165, 1.54) is 0 Å². The molecule has 3 nitrogen and oxygen atoms in total. The van der Waals surface area contributed by atoms with Crippen molar-refractivity contribution in [1.29, 1.82) is 0 Å². The van der Waals surface area contributed by atoms with Gasteiger partial charge in [-0.05, 0) is 29.7 Å². The minimum absolute atomic E-state index is 0.831. The Morgan fingerprint density at radius 3 is 2.84 bits per heavy atom. The number of rotatable bonds is 2. The third-order valence-corrected chi connectivity index (χ3v) is 3.57. The summed E-state index contributed by atoms with van der Waals surface area (Å²) in [6, 6.07) is 7.76. The van der Waals surface area contributed by atoms with Crippen LogP contribution in [0, 0.1) is 0 Å². The van der Waals surface area contributed by atoms with Crippen molar-refractivity contribution in [2.75, 3.05) is 7.11 Å². The second-order valence-corrected chi connectivity index (χ2v) is 4.81. The molecular weight excluding hydrogens is 257 g/mol. The summed E-state index contributed by atoms with van der Waals surface area (Å²) in [6.07, 6.45) is 3.31. The van der Waals surface area contributed by atoms with Crippen LogP contribution in [0.2, 0.25) is 0 Å². The van der Waals surface area contributed by atoms with Crippen LogP contribution in [-0.4, -0.2) is 19.9 Å². The van der Waals surface area contributed by atoms with E-state index in [0.717, 1.165) is 38.3 Å². The minimum Gasteiger partial charge on any atom is -0.497 e. The molecule has 0 spiro atoms. The maximum atomic E-state index is 5.34. The third-order valence-electron chi connectivity index (χ3n) is 3.20. The minimum atomic E-state index is 0.831. The largest absolute Gasteiger partial charge is 0.497 e. The topological polar surface area (TPSA) is 35.3 Å². The van der Waals surface area contributed by atoms with Gasteiger partial charge in [0.2, 0.25) is 0 Å². The fraction of sp³-hybridized carbons (Fsp3) is 0.0714. The monoisotopic (exact) mass is 269 g/mol. The maximum Gasteiger partial charge on any atom is 0.147 e. The second kappa shape index (κ2) is 4.66. The summed E-state index contributed by atoms with van der Waals surface area (Å²) in [5.41, 5.74) is 3.71. The highest BCUT2D eigenvalue weighted by atomic mass is 32.1. The van der Waals surface area contributed by atoms with Gasteiger partial charge in [0.15, 0.2) is 0 Å². The molecule has 0 radical (unpaired) electrons. The highest BCUT2D eigenvalue weighted by molar-refractivity contribution is 7.80. The van der Waals surface area contributed by atoms with Crippen LogP contribution in [0.25, 0.3) is 22.2 Å². The van der Waals surface area contributed by atoms with Crippen molar-refractivity contribution < 1.29 is 9.15 Å². The summed E-state index contributed by atoms with van der Waals surface area (Å²) in [5.74, 6) is 0.831. The van der Waals surface area contributed by atoms with Gasteiger partial charge in [0.25, 0.3) is 0 Å². The number of fused-ring (bicyclic) bond motifs is 1. The van der Waals surface area contributed by atoms with Crippen molar-refractivity contribution in [3.05, 3.63) is 36.8 Å². The summed E-state index contributed by atoms with van der Waals surface area (Å²) in [6.45, 7) is 0. The molecule has 0 N–H and O–H groups in total. The number of methoxy groups -OCH3 is 1. The van der Waals surface area contributed by atoms with Crippen molar-refractivity contribution in [2.24, 2.45) is 0 Å². The smallest absolute Gasteiger partial charge is 0.147 e. The van der Waals surface area contributed by atoms with Crippen molar-refractivity contribution in [2.45, 2.75) is 4.90 Å². The second-order valence-electron chi connectivity index (χ2n) is 4.33. The van der Waals surface area contributed by atoms with Gasteiger partial charge in [-0.3, -0.25) is 0 Å². The zero-order chi connectivity index (χ0) is 13.4. The lowest BCUT2D eigenvalue weighted by Gasteiger charge is -2.10.